The van der Waals surface area contributed by atoms with Crippen molar-refractivity contribution in [1.29, 1.82) is 0 Å². The monoisotopic (exact) mass is 321 g/mol. The van der Waals surface area contributed by atoms with Crippen molar-refractivity contribution >= 4 is 23.2 Å². The number of rotatable bonds is 3. The van der Waals surface area contributed by atoms with Gasteiger partial charge in [0.1, 0.15) is 0 Å². The second-order valence-electron chi connectivity index (χ2n) is 6.91. The molecule has 2 fully saturated rings. The molecule has 3 rings (SSSR count). The van der Waals surface area contributed by atoms with Crippen molar-refractivity contribution in [3.05, 3.63) is 28.8 Å². The Morgan fingerprint density at radius 3 is 2.86 bits per heavy atom. The first kappa shape index (κ1) is 15.8. The molecule has 0 spiro atoms. The summed E-state index contributed by atoms with van der Waals surface area (Å²) in [4.78, 5) is 13.9. The van der Waals surface area contributed by atoms with Gasteiger partial charge in [-0.05, 0) is 56.7 Å². The number of aryl methyl sites for hydroxylation is 1. The number of likely N-dealkylation sites (tertiary alicyclic amines) is 1. The highest BCUT2D eigenvalue weighted by Crippen LogP contribution is 2.28. The van der Waals surface area contributed by atoms with Crippen LogP contribution in [0.15, 0.2) is 18.2 Å². The number of fused-ring (bicyclic) bond motifs is 1. The van der Waals surface area contributed by atoms with Gasteiger partial charge in [0, 0.05) is 5.92 Å². The lowest BCUT2D eigenvalue weighted by Gasteiger charge is -2.40. The molecule has 120 valence electrons. The lowest BCUT2D eigenvalue weighted by molar-refractivity contribution is -0.928. The normalized spacial score (nSPS) is 28.0. The number of hydrogen-bond donors (Lipinski definition) is 2. The van der Waals surface area contributed by atoms with E-state index < -0.39 is 0 Å². The van der Waals surface area contributed by atoms with E-state index in [0.717, 1.165) is 23.7 Å². The zero-order valence-electron chi connectivity index (χ0n) is 13.3. The first-order valence-electron chi connectivity index (χ1n) is 8.54. The van der Waals surface area contributed by atoms with E-state index >= 15 is 0 Å². The zero-order chi connectivity index (χ0) is 15.5. The van der Waals surface area contributed by atoms with E-state index in [1.807, 2.05) is 25.1 Å². The molecule has 0 aromatic heterocycles. The number of piperidine rings is 1. The molecule has 0 radical (unpaired) electrons. The third-order valence-electron chi connectivity index (χ3n) is 5.29. The number of amides is 1. The summed E-state index contributed by atoms with van der Waals surface area (Å²) in [6.45, 7) is 3.71. The largest absolute Gasteiger partial charge is 0.324 e. The molecule has 3 nitrogen and oxygen atoms in total. The molecule has 1 saturated carbocycles. The van der Waals surface area contributed by atoms with E-state index in [2.05, 4.69) is 5.32 Å². The molecular formula is C18H26ClN2O+. The van der Waals surface area contributed by atoms with Crippen LogP contribution in [0.3, 0.4) is 0 Å². The summed E-state index contributed by atoms with van der Waals surface area (Å²) in [6, 6.07) is 6.46. The van der Waals surface area contributed by atoms with Crippen LogP contribution in [0.2, 0.25) is 5.02 Å². The second-order valence-corrected chi connectivity index (χ2v) is 7.32. The standard InChI is InChI=1S/C18H25ClN2O/c1-13-8-9-16(15(19)11-13)20-18(22)12-21-10-4-6-14-5-2-3-7-17(14)21/h8-9,11,14,17H,2-7,10,12H2,1H3,(H,20,22)/p+1/t14-,17+/m1/s1. The average Bonchev–Trinajstić information content (AvgIpc) is 2.50. The number of hydrogen-bond acceptors (Lipinski definition) is 1. The van der Waals surface area contributed by atoms with Gasteiger partial charge in [-0.15, -0.1) is 0 Å². The van der Waals surface area contributed by atoms with Crippen LogP contribution >= 0.6 is 11.6 Å². The molecule has 2 N–H and O–H groups in total. The van der Waals surface area contributed by atoms with Gasteiger partial charge in [-0.25, -0.2) is 0 Å². The van der Waals surface area contributed by atoms with Crippen molar-refractivity contribution in [2.45, 2.75) is 51.5 Å². The number of benzene rings is 1. The zero-order valence-corrected chi connectivity index (χ0v) is 14.1. The molecule has 1 unspecified atom stereocenters. The number of quaternary nitrogens is 1. The van der Waals surface area contributed by atoms with Crippen molar-refractivity contribution in [1.82, 2.24) is 0 Å². The highest BCUT2D eigenvalue weighted by molar-refractivity contribution is 6.33. The fourth-order valence-electron chi connectivity index (χ4n) is 4.21. The molecule has 1 heterocycles. The SMILES string of the molecule is Cc1ccc(NC(=O)C[NH+]2CCC[C@H]3CCCC[C@@H]32)c(Cl)c1. The molecule has 1 aliphatic carbocycles. The first-order chi connectivity index (χ1) is 10.6. The third kappa shape index (κ3) is 3.64. The minimum Gasteiger partial charge on any atom is -0.324 e. The maximum atomic E-state index is 12.4. The van der Waals surface area contributed by atoms with E-state index in [1.165, 1.54) is 43.4 Å². The van der Waals surface area contributed by atoms with Gasteiger partial charge in [0.05, 0.1) is 23.3 Å². The van der Waals surface area contributed by atoms with Crippen molar-refractivity contribution in [2.24, 2.45) is 5.92 Å². The van der Waals surface area contributed by atoms with Crippen LogP contribution in [-0.4, -0.2) is 25.0 Å². The van der Waals surface area contributed by atoms with Crippen molar-refractivity contribution in [3.63, 3.8) is 0 Å². The predicted molar refractivity (Wildman–Crippen MR) is 90.5 cm³/mol. The molecular weight excluding hydrogens is 296 g/mol. The molecule has 0 bridgehead atoms. The molecule has 1 saturated heterocycles. The molecule has 1 aromatic carbocycles. The summed E-state index contributed by atoms with van der Waals surface area (Å²) in [6.07, 6.45) is 7.97. The van der Waals surface area contributed by atoms with Gasteiger partial charge in [0.2, 0.25) is 0 Å². The number of anilines is 1. The van der Waals surface area contributed by atoms with Crippen LogP contribution in [0.25, 0.3) is 0 Å². The quantitative estimate of drug-likeness (QED) is 0.882. The van der Waals surface area contributed by atoms with Crippen LogP contribution in [0.4, 0.5) is 5.69 Å². The fourth-order valence-corrected chi connectivity index (χ4v) is 4.49. The van der Waals surface area contributed by atoms with Gasteiger partial charge in [-0.2, -0.15) is 0 Å². The molecule has 1 aliphatic heterocycles. The molecule has 4 heteroatoms. The maximum Gasteiger partial charge on any atom is 0.279 e. The maximum absolute atomic E-state index is 12.4. The number of nitrogens with one attached hydrogen (secondary N) is 2. The highest BCUT2D eigenvalue weighted by atomic mass is 35.5. The third-order valence-corrected chi connectivity index (χ3v) is 5.61. The second kappa shape index (κ2) is 7.01. The summed E-state index contributed by atoms with van der Waals surface area (Å²) >= 11 is 6.21. The van der Waals surface area contributed by atoms with Crippen LogP contribution in [0.5, 0.6) is 0 Å². The Kier molecular flexibility index (Phi) is 5.04. The number of halogens is 1. The molecule has 1 aromatic rings. The van der Waals surface area contributed by atoms with E-state index in [4.69, 9.17) is 11.6 Å². The minimum atomic E-state index is 0.0898. The van der Waals surface area contributed by atoms with Gasteiger partial charge in [-0.1, -0.05) is 24.1 Å². The Balaban J connectivity index is 1.61. The van der Waals surface area contributed by atoms with Crippen LogP contribution in [0.1, 0.15) is 44.1 Å². The lowest BCUT2D eigenvalue weighted by atomic mass is 9.78. The number of carbonyl (C=O) groups is 1. The van der Waals surface area contributed by atoms with Gasteiger partial charge >= 0.3 is 0 Å². The fraction of sp³-hybridized carbons (Fsp3) is 0.611. The van der Waals surface area contributed by atoms with Gasteiger partial charge in [-0.3, -0.25) is 4.79 Å². The smallest absolute Gasteiger partial charge is 0.279 e. The summed E-state index contributed by atoms with van der Waals surface area (Å²) in [7, 11) is 0. The average molecular weight is 322 g/mol. The molecule has 1 amide bonds. The van der Waals surface area contributed by atoms with Crippen molar-refractivity contribution in [2.75, 3.05) is 18.4 Å². The van der Waals surface area contributed by atoms with Gasteiger partial charge < -0.3 is 10.2 Å². The molecule has 3 atom stereocenters. The molecule has 2 aliphatic rings. The van der Waals surface area contributed by atoms with Crippen molar-refractivity contribution < 1.29 is 9.69 Å². The Hall–Kier alpha value is -1.06. The minimum absolute atomic E-state index is 0.0898. The summed E-state index contributed by atoms with van der Waals surface area (Å²) in [5, 5.41) is 3.61. The van der Waals surface area contributed by atoms with E-state index in [0.29, 0.717) is 17.6 Å². The van der Waals surface area contributed by atoms with Crippen LogP contribution in [-0.2, 0) is 4.79 Å². The Labute approximate surface area is 138 Å². The topological polar surface area (TPSA) is 33.5 Å². The van der Waals surface area contributed by atoms with E-state index in [1.54, 1.807) is 0 Å². The first-order valence-corrected chi connectivity index (χ1v) is 8.92. The summed E-state index contributed by atoms with van der Waals surface area (Å²) in [5.74, 6) is 0.931. The highest BCUT2D eigenvalue weighted by Gasteiger charge is 2.37. The van der Waals surface area contributed by atoms with Gasteiger partial charge in [0.15, 0.2) is 6.54 Å². The van der Waals surface area contributed by atoms with Crippen LogP contribution in [0, 0.1) is 12.8 Å². The molecule has 22 heavy (non-hydrogen) atoms. The van der Waals surface area contributed by atoms with Gasteiger partial charge in [0.25, 0.3) is 5.91 Å². The van der Waals surface area contributed by atoms with Crippen LogP contribution < -0.4 is 10.2 Å². The Morgan fingerprint density at radius 1 is 1.27 bits per heavy atom. The predicted octanol–water partition coefficient (Wildman–Crippen LogP) is 2.82. The summed E-state index contributed by atoms with van der Waals surface area (Å²) < 4.78 is 0. The number of carbonyl (C=O) groups excluding carboxylic acids is 1. The Bertz CT molecular complexity index is 544. The van der Waals surface area contributed by atoms with Crippen molar-refractivity contribution in [3.8, 4) is 0 Å². The lowest BCUT2D eigenvalue weighted by Crippen LogP contribution is -3.18. The Morgan fingerprint density at radius 2 is 2.05 bits per heavy atom. The summed E-state index contributed by atoms with van der Waals surface area (Å²) in [5.41, 5.74) is 1.84. The van der Waals surface area contributed by atoms with E-state index in [-0.39, 0.29) is 5.91 Å². The van der Waals surface area contributed by atoms with E-state index in [9.17, 15) is 4.79 Å².